The van der Waals surface area contributed by atoms with Crippen LogP contribution in [0.2, 0.25) is 0 Å². The molecule has 0 heterocycles. The highest BCUT2D eigenvalue weighted by Gasteiger charge is 2.13. The highest BCUT2D eigenvalue weighted by atomic mass is 16.6. The van der Waals surface area contributed by atoms with Crippen molar-refractivity contribution >= 4 is 29.4 Å². The lowest BCUT2D eigenvalue weighted by atomic mass is 10.2. The number of nitro groups is 1. The summed E-state index contributed by atoms with van der Waals surface area (Å²) in [5.74, 6) is -1.88. The Hall–Kier alpha value is -3.55. The Labute approximate surface area is 131 Å². The van der Waals surface area contributed by atoms with E-state index in [1.807, 2.05) is 18.2 Å². The number of anilines is 1. The molecule has 0 aliphatic rings. The fourth-order valence-corrected chi connectivity index (χ4v) is 1.61. The first-order valence-corrected chi connectivity index (χ1v) is 6.50. The molecule has 2 amide bonds. The number of rotatable bonds is 4. The van der Waals surface area contributed by atoms with Gasteiger partial charge in [-0.2, -0.15) is 5.10 Å². The van der Waals surface area contributed by atoms with Gasteiger partial charge < -0.3 is 5.32 Å². The van der Waals surface area contributed by atoms with E-state index in [2.05, 4.69) is 15.8 Å². The zero-order valence-corrected chi connectivity index (χ0v) is 11.8. The standard InChI is InChI=1S/C15H12N4O4/c20-14(17-12-6-8-13(9-7-12)19(22)23)15(21)18-16-10-11-4-2-1-3-5-11/h1-10H,(H,17,20)(H,18,21)/b16-10-. The summed E-state index contributed by atoms with van der Waals surface area (Å²) in [6, 6.07) is 14.1. The van der Waals surface area contributed by atoms with Gasteiger partial charge in [0.05, 0.1) is 11.1 Å². The molecule has 0 fully saturated rings. The number of nitro benzene ring substituents is 1. The molecule has 0 aliphatic carbocycles. The van der Waals surface area contributed by atoms with Crippen LogP contribution in [0.5, 0.6) is 0 Å². The molecule has 8 heteroatoms. The predicted octanol–water partition coefficient (Wildman–Crippen LogP) is 1.68. The Bertz CT molecular complexity index is 742. The number of hydrogen-bond donors (Lipinski definition) is 2. The summed E-state index contributed by atoms with van der Waals surface area (Å²) in [5, 5.41) is 16.5. The fourth-order valence-electron chi connectivity index (χ4n) is 1.61. The molecule has 0 aromatic heterocycles. The van der Waals surface area contributed by atoms with E-state index < -0.39 is 16.7 Å². The first-order chi connectivity index (χ1) is 11.1. The highest BCUT2D eigenvalue weighted by Crippen LogP contribution is 2.15. The highest BCUT2D eigenvalue weighted by molar-refractivity contribution is 6.39. The molecule has 116 valence electrons. The second kappa shape index (κ2) is 7.46. The summed E-state index contributed by atoms with van der Waals surface area (Å²) < 4.78 is 0. The van der Waals surface area contributed by atoms with E-state index >= 15 is 0 Å². The van der Waals surface area contributed by atoms with Gasteiger partial charge in [-0.25, -0.2) is 5.43 Å². The third-order valence-electron chi connectivity index (χ3n) is 2.72. The number of benzene rings is 2. The van der Waals surface area contributed by atoms with Crippen molar-refractivity contribution < 1.29 is 14.5 Å². The molecule has 0 aliphatic heterocycles. The Morgan fingerprint density at radius 1 is 1.00 bits per heavy atom. The number of non-ortho nitro benzene ring substituents is 1. The van der Waals surface area contributed by atoms with Gasteiger partial charge in [-0.3, -0.25) is 19.7 Å². The summed E-state index contributed by atoms with van der Waals surface area (Å²) in [4.78, 5) is 33.2. The zero-order valence-electron chi connectivity index (χ0n) is 11.8. The van der Waals surface area contributed by atoms with Gasteiger partial charge in [0.1, 0.15) is 0 Å². The quantitative estimate of drug-likeness (QED) is 0.387. The third kappa shape index (κ3) is 4.74. The van der Waals surface area contributed by atoms with Crippen LogP contribution in [0.25, 0.3) is 0 Å². The van der Waals surface area contributed by atoms with Crippen LogP contribution in [-0.4, -0.2) is 23.0 Å². The minimum Gasteiger partial charge on any atom is -0.318 e. The summed E-state index contributed by atoms with van der Waals surface area (Å²) in [7, 11) is 0. The Morgan fingerprint density at radius 3 is 2.26 bits per heavy atom. The van der Waals surface area contributed by atoms with E-state index in [0.717, 1.165) is 5.56 Å². The van der Waals surface area contributed by atoms with Crippen molar-refractivity contribution in [3.8, 4) is 0 Å². The van der Waals surface area contributed by atoms with E-state index in [0.29, 0.717) is 0 Å². The number of nitrogens with zero attached hydrogens (tertiary/aromatic N) is 2. The number of hydrogen-bond acceptors (Lipinski definition) is 5. The fraction of sp³-hybridized carbons (Fsp3) is 0. The monoisotopic (exact) mass is 312 g/mol. The molecule has 0 unspecified atom stereocenters. The average Bonchev–Trinajstić information content (AvgIpc) is 2.56. The summed E-state index contributed by atoms with van der Waals surface area (Å²) in [5.41, 5.74) is 3.01. The maximum atomic E-state index is 11.6. The van der Waals surface area contributed by atoms with Gasteiger partial charge in [-0.15, -0.1) is 0 Å². The minimum atomic E-state index is -0.949. The number of nitrogens with one attached hydrogen (secondary N) is 2. The van der Waals surface area contributed by atoms with Crippen molar-refractivity contribution in [2.45, 2.75) is 0 Å². The van der Waals surface area contributed by atoms with E-state index in [1.165, 1.54) is 30.5 Å². The van der Waals surface area contributed by atoms with Gasteiger partial charge in [0, 0.05) is 17.8 Å². The van der Waals surface area contributed by atoms with Crippen molar-refractivity contribution in [2.24, 2.45) is 5.10 Å². The Morgan fingerprint density at radius 2 is 1.65 bits per heavy atom. The van der Waals surface area contributed by atoms with Gasteiger partial charge in [-0.05, 0) is 17.7 Å². The van der Waals surface area contributed by atoms with Crippen molar-refractivity contribution in [1.29, 1.82) is 0 Å². The smallest absolute Gasteiger partial charge is 0.318 e. The molecule has 2 aromatic carbocycles. The summed E-state index contributed by atoms with van der Waals surface area (Å²) in [6.45, 7) is 0. The number of carbonyl (C=O) groups excluding carboxylic acids is 2. The molecule has 2 rings (SSSR count). The Balaban J connectivity index is 1.88. The average molecular weight is 312 g/mol. The van der Waals surface area contributed by atoms with Crippen LogP contribution in [0.3, 0.4) is 0 Å². The first-order valence-electron chi connectivity index (χ1n) is 6.50. The molecule has 0 radical (unpaired) electrons. The van der Waals surface area contributed by atoms with Gasteiger partial charge in [0.15, 0.2) is 0 Å². The molecule has 0 atom stereocenters. The molecule has 0 spiro atoms. The second-order valence-corrected chi connectivity index (χ2v) is 4.37. The van der Waals surface area contributed by atoms with Crippen LogP contribution in [0.4, 0.5) is 11.4 Å². The minimum absolute atomic E-state index is 0.111. The lowest BCUT2D eigenvalue weighted by molar-refractivity contribution is -0.384. The summed E-state index contributed by atoms with van der Waals surface area (Å²) in [6.07, 6.45) is 1.40. The SMILES string of the molecule is O=C(N/N=C\c1ccccc1)C(=O)Nc1ccc([N+](=O)[O-])cc1. The van der Waals surface area contributed by atoms with Crippen LogP contribution in [0.15, 0.2) is 59.7 Å². The van der Waals surface area contributed by atoms with Crippen molar-refractivity contribution in [2.75, 3.05) is 5.32 Å². The number of carbonyl (C=O) groups is 2. The van der Waals surface area contributed by atoms with Crippen molar-refractivity contribution in [3.63, 3.8) is 0 Å². The maximum Gasteiger partial charge on any atom is 0.329 e. The predicted molar refractivity (Wildman–Crippen MR) is 83.9 cm³/mol. The Kier molecular flexibility index (Phi) is 5.13. The van der Waals surface area contributed by atoms with E-state index in [9.17, 15) is 19.7 Å². The second-order valence-electron chi connectivity index (χ2n) is 4.37. The molecule has 0 saturated carbocycles. The molecule has 23 heavy (non-hydrogen) atoms. The largest absolute Gasteiger partial charge is 0.329 e. The van der Waals surface area contributed by atoms with Crippen LogP contribution in [0, 0.1) is 10.1 Å². The van der Waals surface area contributed by atoms with Gasteiger partial charge in [0.25, 0.3) is 5.69 Å². The molecular formula is C15H12N4O4. The van der Waals surface area contributed by atoms with Crippen LogP contribution >= 0.6 is 0 Å². The van der Waals surface area contributed by atoms with Crippen LogP contribution in [-0.2, 0) is 9.59 Å². The number of amides is 2. The molecular weight excluding hydrogens is 300 g/mol. The van der Waals surface area contributed by atoms with Crippen molar-refractivity contribution in [3.05, 3.63) is 70.3 Å². The van der Waals surface area contributed by atoms with Crippen LogP contribution in [0.1, 0.15) is 5.56 Å². The maximum absolute atomic E-state index is 11.6. The van der Waals surface area contributed by atoms with E-state index in [-0.39, 0.29) is 11.4 Å². The van der Waals surface area contributed by atoms with Gasteiger partial charge >= 0.3 is 11.8 Å². The number of hydrazone groups is 1. The zero-order chi connectivity index (χ0) is 16.7. The molecule has 2 N–H and O–H groups in total. The lowest BCUT2D eigenvalue weighted by Gasteiger charge is -2.03. The van der Waals surface area contributed by atoms with E-state index in [4.69, 9.17) is 0 Å². The first kappa shape index (κ1) is 15.8. The molecule has 2 aromatic rings. The molecule has 8 nitrogen and oxygen atoms in total. The molecule has 0 bridgehead atoms. The van der Waals surface area contributed by atoms with Gasteiger partial charge in [0.2, 0.25) is 0 Å². The molecule has 0 saturated heterocycles. The lowest BCUT2D eigenvalue weighted by Crippen LogP contribution is -2.32. The van der Waals surface area contributed by atoms with Gasteiger partial charge in [-0.1, -0.05) is 30.3 Å². The third-order valence-corrected chi connectivity index (χ3v) is 2.72. The summed E-state index contributed by atoms with van der Waals surface area (Å²) >= 11 is 0. The van der Waals surface area contributed by atoms with Crippen LogP contribution < -0.4 is 10.7 Å². The van der Waals surface area contributed by atoms with Crippen molar-refractivity contribution in [1.82, 2.24) is 5.43 Å². The van der Waals surface area contributed by atoms with E-state index in [1.54, 1.807) is 12.1 Å². The topological polar surface area (TPSA) is 114 Å². The normalized spacial score (nSPS) is 10.3.